The van der Waals surface area contributed by atoms with E-state index in [9.17, 15) is 19.5 Å². The summed E-state index contributed by atoms with van der Waals surface area (Å²) in [5.74, 6) is -1.28. The van der Waals surface area contributed by atoms with Gasteiger partial charge in [-0.1, -0.05) is 19.9 Å². The number of carbonyl (C=O) groups is 3. The fourth-order valence-electron chi connectivity index (χ4n) is 7.75. The first kappa shape index (κ1) is 38.0. The predicted molar refractivity (Wildman–Crippen MR) is 203 cm³/mol. The number of thiazole rings is 1. The number of pyridine rings is 1. The van der Waals surface area contributed by atoms with Crippen molar-refractivity contribution in [2.24, 2.45) is 5.41 Å². The van der Waals surface area contributed by atoms with Crippen LogP contribution in [0.1, 0.15) is 69.3 Å². The minimum atomic E-state index is -1.11. The number of aliphatic hydroxyl groups excluding tert-OH is 1. The minimum Gasteiger partial charge on any atom is -0.464 e. The van der Waals surface area contributed by atoms with Crippen molar-refractivity contribution in [2.75, 3.05) is 27.3 Å². The summed E-state index contributed by atoms with van der Waals surface area (Å²) in [6.07, 6.45) is 2.30. The smallest absolute Gasteiger partial charge is 0.324 e. The molecule has 2 fully saturated rings. The molecule has 7 rings (SSSR count). The van der Waals surface area contributed by atoms with Crippen LogP contribution in [0.4, 0.5) is 0 Å². The lowest BCUT2D eigenvalue weighted by molar-refractivity contribution is -0.208. The number of carbonyl (C=O) groups excluding carboxylic acids is 3. The van der Waals surface area contributed by atoms with Crippen molar-refractivity contribution < 1.29 is 33.8 Å². The number of rotatable bonds is 6. The normalized spacial score (nSPS) is 24.3. The number of esters is 1. The number of fused-ring (bicyclic) bond motifs is 6. The number of likely N-dealkylation sites (N-methyl/N-ethyl adjacent to an activating group) is 1. The van der Waals surface area contributed by atoms with Gasteiger partial charge in [-0.2, -0.15) is 5.06 Å². The summed E-state index contributed by atoms with van der Waals surface area (Å²) in [6, 6.07) is 7.89. The standard InChI is InChI=1S/C39H49N7O7S/c1-7-45-30-13-12-23-16-25(30)26(35(45)24-10-8-14-40-34(24)22(2)51-6)19-39(3,4)21-52-38(50)27-11-9-15-46(43-27)37(49)28(17-32-41-29(23)20-54-32)42-36(48)31-18-33(47)53-44(31)5/h8,10,12-14,16,20,22,27-28,31,33,43,47H,7,9,11,15,17-19,21H2,1-6H3,(H,42,48)/t22-,27-,28-,31-,33-/m0/s1. The second-order valence-electron chi connectivity index (χ2n) is 15.1. The highest BCUT2D eigenvalue weighted by Gasteiger charge is 2.39. The third kappa shape index (κ3) is 7.53. The van der Waals surface area contributed by atoms with Gasteiger partial charge in [0, 0.05) is 79.1 Å². The Morgan fingerprint density at radius 3 is 2.81 bits per heavy atom. The quantitative estimate of drug-likeness (QED) is 0.243. The van der Waals surface area contributed by atoms with E-state index in [-0.39, 0.29) is 25.6 Å². The first-order valence-corrected chi connectivity index (χ1v) is 19.5. The molecule has 1 aromatic carbocycles. The fourth-order valence-corrected chi connectivity index (χ4v) is 8.60. The molecule has 0 unspecified atom stereocenters. The molecule has 3 aliphatic heterocycles. The van der Waals surface area contributed by atoms with Crippen LogP contribution >= 0.6 is 11.3 Å². The molecule has 54 heavy (non-hydrogen) atoms. The van der Waals surface area contributed by atoms with Crippen molar-refractivity contribution in [3.8, 4) is 22.5 Å². The molecule has 0 radical (unpaired) electrons. The maximum Gasteiger partial charge on any atom is 0.324 e. The number of amides is 2. The number of aromatic nitrogens is 3. The van der Waals surface area contributed by atoms with Crippen molar-refractivity contribution >= 4 is 40.0 Å². The maximum absolute atomic E-state index is 14.1. The van der Waals surface area contributed by atoms with E-state index in [1.165, 1.54) is 21.4 Å². The van der Waals surface area contributed by atoms with E-state index in [1.54, 1.807) is 20.4 Å². The zero-order valence-corrected chi connectivity index (χ0v) is 32.4. The number of hydrazine groups is 1. The molecule has 3 aromatic heterocycles. The molecule has 2 saturated heterocycles. The summed E-state index contributed by atoms with van der Waals surface area (Å²) in [7, 11) is 3.25. The number of aryl methyl sites for hydroxylation is 1. The Morgan fingerprint density at radius 2 is 2.07 bits per heavy atom. The average Bonchev–Trinajstić information content (AvgIpc) is 3.86. The van der Waals surface area contributed by atoms with Gasteiger partial charge < -0.3 is 24.5 Å². The Labute approximate surface area is 318 Å². The van der Waals surface area contributed by atoms with Crippen molar-refractivity contribution in [2.45, 2.75) is 96.9 Å². The van der Waals surface area contributed by atoms with Crippen molar-refractivity contribution in [1.82, 2.24) is 35.3 Å². The van der Waals surface area contributed by atoms with Crippen LogP contribution in [0, 0.1) is 5.41 Å². The van der Waals surface area contributed by atoms with E-state index in [2.05, 4.69) is 60.3 Å². The Kier molecular flexibility index (Phi) is 10.9. The van der Waals surface area contributed by atoms with Crippen LogP contribution in [0.2, 0.25) is 0 Å². The molecule has 14 nitrogen and oxygen atoms in total. The zero-order chi connectivity index (χ0) is 38.3. The summed E-state index contributed by atoms with van der Waals surface area (Å²) < 4.78 is 14.1. The summed E-state index contributed by atoms with van der Waals surface area (Å²) in [5, 5.41) is 19.3. The first-order valence-electron chi connectivity index (χ1n) is 18.6. The topological polar surface area (TPSA) is 160 Å². The maximum atomic E-state index is 14.1. The molecule has 2 amide bonds. The van der Waals surface area contributed by atoms with Crippen LogP contribution in [-0.4, -0.2) is 99.2 Å². The second-order valence-corrected chi connectivity index (χ2v) is 16.1. The number of cyclic esters (lactones) is 1. The van der Waals surface area contributed by atoms with Gasteiger partial charge in [0.15, 0.2) is 6.29 Å². The van der Waals surface area contributed by atoms with E-state index in [0.29, 0.717) is 37.4 Å². The zero-order valence-electron chi connectivity index (χ0n) is 31.6. The molecule has 4 aromatic rings. The fraction of sp³-hybridized carbons (Fsp3) is 0.513. The van der Waals surface area contributed by atoms with Crippen LogP contribution in [0.3, 0.4) is 0 Å². The molecule has 6 heterocycles. The van der Waals surface area contributed by atoms with Crippen LogP contribution in [0.15, 0.2) is 41.9 Å². The summed E-state index contributed by atoms with van der Waals surface area (Å²) >= 11 is 1.42. The highest BCUT2D eigenvalue weighted by Crippen LogP contribution is 2.42. The van der Waals surface area contributed by atoms with Gasteiger partial charge >= 0.3 is 5.97 Å². The number of benzene rings is 1. The average molecular weight is 760 g/mol. The Bertz CT molecular complexity index is 2050. The Balaban J connectivity index is 1.34. The van der Waals surface area contributed by atoms with Crippen LogP contribution < -0.4 is 10.7 Å². The molecule has 6 bridgehead atoms. The SMILES string of the molecule is CCn1c(-c2cccnc2[C@H](C)OC)c2c3cc(ccc31)-c1csc(n1)C[C@H](NC(=O)[C@@H]1C[C@@H](O)ON1C)C(=O)N1CCC[C@H](N1)C(=O)OCC(C)(C)C2. The second kappa shape index (κ2) is 15.5. The third-order valence-corrected chi connectivity index (χ3v) is 11.5. The summed E-state index contributed by atoms with van der Waals surface area (Å²) in [5.41, 5.74) is 9.36. The van der Waals surface area contributed by atoms with Crippen molar-refractivity contribution in [1.29, 1.82) is 0 Å². The number of nitrogens with zero attached hydrogens (tertiary/aromatic N) is 5. The van der Waals surface area contributed by atoms with Crippen LogP contribution in [0.25, 0.3) is 33.4 Å². The number of aliphatic hydroxyl groups is 1. The molecular weight excluding hydrogens is 711 g/mol. The van der Waals surface area contributed by atoms with E-state index < -0.39 is 47.6 Å². The van der Waals surface area contributed by atoms with Crippen LogP contribution in [-0.2, 0) is 48.1 Å². The summed E-state index contributed by atoms with van der Waals surface area (Å²) in [6.45, 7) is 9.54. The van der Waals surface area contributed by atoms with Gasteiger partial charge in [-0.3, -0.25) is 29.2 Å². The van der Waals surface area contributed by atoms with Crippen LogP contribution in [0.5, 0.6) is 0 Å². The third-order valence-electron chi connectivity index (χ3n) is 10.6. The number of hydroxylamine groups is 2. The predicted octanol–water partition coefficient (Wildman–Crippen LogP) is 4.16. The van der Waals surface area contributed by atoms with E-state index in [4.69, 9.17) is 24.3 Å². The monoisotopic (exact) mass is 759 g/mol. The number of ether oxygens (including phenoxy) is 2. The Hall–Kier alpha value is -4.25. The number of hydrogen-bond acceptors (Lipinski definition) is 12. The minimum absolute atomic E-state index is 0.0658. The molecule has 5 atom stereocenters. The van der Waals surface area contributed by atoms with Gasteiger partial charge in [0.1, 0.15) is 18.1 Å². The number of hydrogen-bond donors (Lipinski definition) is 3. The molecule has 15 heteroatoms. The van der Waals surface area contributed by atoms with Gasteiger partial charge in [-0.25, -0.2) is 10.4 Å². The molecule has 3 aliphatic rings. The van der Waals surface area contributed by atoms with Gasteiger partial charge in [-0.15, -0.1) is 11.3 Å². The molecule has 0 saturated carbocycles. The van der Waals surface area contributed by atoms with Gasteiger partial charge in [-0.05, 0) is 62.9 Å². The lowest BCUT2D eigenvalue weighted by atomic mass is 9.84. The van der Waals surface area contributed by atoms with E-state index >= 15 is 0 Å². The largest absolute Gasteiger partial charge is 0.464 e. The van der Waals surface area contributed by atoms with Gasteiger partial charge in [0.25, 0.3) is 5.91 Å². The van der Waals surface area contributed by atoms with Crippen molar-refractivity contribution in [3.63, 3.8) is 0 Å². The molecule has 3 N–H and O–H groups in total. The first-order chi connectivity index (χ1) is 25.9. The van der Waals surface area contributed by atoms with E-state index in [0.717, 1.165) is 44.7 Å². The number of nitrogens with one attached hydrogen (secondary N) is 2. The molecule has 0 spiro atoms. The highest BCUT2D eigenvalue weighted by atomic mass is 32.1. The Morgan fingerprint density at radius 1 is 1.26 bits per heavy atom. The van der Waals surface area contributed by atoms with Gasteiger partial charge in [0.05, 0.1) is 34.8 Å². The molecular formula is C39H49N7O7S. The van der Waals surface area contributed by atoms with Gasteiger partial charge in [0.2, 0.25) is 5.91 Å². The lowest BCUT2D eigenvalue weighted by Crippen LogP contribution is -2.61. The number of methoxy groups -OCH3 is 1. The van der Waals surface area contributed by atoms with Crippen molar-refractivity contribution in [3.05, 3.63) is 58.2 Å². The van der Waals surface area contributed by atoms with E-state index in [1.807, 2.05) is 18.4 Å². The molecule has 288 valence electrons. The highest BCUT2D eigenvalue weighted by molar-refractivity contribution is 7.10. The summed E-state index contributed by atoms with van der Waals surface area (Å²) in [4.78, 5) is 56.3. The lowest BCUT2D eigenvalue weighted by Gasteiger charge is -2.35. The molecule has 0 aliphatic carbocycles.